The molecule has 0 radical (unpaired) electrons. The van der Waals surface area contributed by atoms with Crippen LogP contribution in [-0.2, 0) is 19.1 Å². The fourth-order valence-corrected chi connectivity index (χ4v) is 2.12. The standard InChI is InChI=1S/C13H24N2O4/c1-10-9-12(16)14-11(2)13(17)15(10)5-4-6-19-8-7-18-3/h10-11H,4-9H2,1-3H3,(H,14,16). The Morgan fingerprint density at radius 1 is 1.26 bits per heavy atom. The average molecular weight is 272 g/mol. The van der Waals surface area contributed by atoms with E-state index in [2.05, 4.69) is 5.32 Å². The lowest BCUT2D eigenvalue weighted by Crippen LogP contribution is -2.45. The van der Waals surface area contributed by atoms with E-state index in [0.717, 1.165) is 6.42 Å². The second-order valence-corrected chi connectivity index (χ2v) is 4.83. The molecular weight excluding hydrogens is 248 g/mol. The van der Waals surface area contributed by atoms with Gasteiger partial charge in [-0.05, 0) is 20.3 Å². The van der Waals surface area contributed by atoms with Crippen molar-refractivity contribution in [2.24, 2.45) is 0 Å². The summed E-state index contributed by atoms with van der Waals surface area (Å²) in [7, 11) is 1.63. The molecule has 0 aromatic heterocycles. The molecule has 0 spiro atoms. The Morgan fingerprint density at radius 3 is 2.68 bits per heavy atom. The van der Waals surface area contributed by atoms with Crippen molar-refractivity contribution in [2.45, 2.75) is 38.8 Å². The Labute approximate surface area is 114 Å². The molecule has 2 atom stereocenters. The second kappa shape index (κ2) is 8.12. The van der Waals surface area contributed by atoms with E-state index >= 15 is 0 Å². The van der Waals surface area contributed by atoms with Crippen molar-refractivity contribution in [3.63, 3.8) is 0 Å². The summed E-state index contributed by atoms with van der Waals surface area (Å²) in [5.74, 6) is -0.0811. The molecule has 0 aromatic carbocycles. The van der Waals surface area contributed by atoms with E-state index in [-0.39, 0.29) is 17.9 Å². The predicted molar refractivity (Wildman–Crippen MR) is 70.7 cm³/mol. The van der Waals surface area contributed by atoms with Crippen LogP contribution in [0.5, 0.6) is 0 Å². The number of hydrogen-bond acceptors (Lipinski definition) is 4. The molecule has 2 unspecified atom stereocenters. The van der Waals surface area contributed by atoms with Crippen molar-refractivity contribution >= 4 is 11.8 Å². The van der Waals surface area contributed by atoms with Gasteiger partial charge in [0.25, 0.3) is 0 Å². The van der Waals surface area contributed by atoms with Crippen LogP contribution in [0.25, 0.3) is 0 Å². The zero-order valence-corrected chi connectivity index (χ0v) is 12.0. The molecule has 6 nitrogen and oxygen atoms in total. The highest BCUT2D eigenvalue weighted by Gasteiger charge is 2.30. The molecule has 1 heterocycles. The Kier molecular flexibility index (Phi) is 6.80. The number of ether oxygens (including phenoxy) is 2. The Bertz CT molecular complexity index is 309. The van der Waals surface area contributed by atoms with Crippen molar-refractivity contribution < 1.29 is 19.1 Å². The highest BCUT2D eigenvalue weighted by Crippen LogP contribution is 2.11. The summed E-state index contributed by atoms with van der Waals surface area (Å²) in [5, 5.41) is 2.69. The van der Waals surface area contributed by atoms with Gasteiger partial charge in [-0.2, -0.15) is 0 Å². The van der Waals surface area contributed by atoms with Gasteiger partial charge in [0.2, 0.25) is 11.8 Å². The maximum atomic E-state index is 12.1. The number of carbonyl (C=O) groups excluding carboxylic acids is 2. The van der Waals surface area contributed by atoms with Crippen LogP contribution in [0.2, 0.25) is 0 Å². The zero-order chi connectivity index (χ0) is 14.3. The van der Waals surface area contributed by atoms with E-state index in [1.807, 2.05) is 6.92 Å². The fourth-order valence-electron chi connectivity index (χ4n) is 2.12. The summed E-state index contributed by atoms with van der Waals surface area (Å²) in [5.41, 5.74) is 0. The number of nitrogens with one attached hydrogen (secondary N) is 1. The number of methoxy groups -OCH3 is 1. The van der Waals surface area contributed by atoms with Crippen LogP contribution < -0.4 is 5.32 Å². The maximum Gasteiger partial charge on any atom is 0.245 e. The summed E-state index contributed by atoms with van der Waals surface area (Å²) in [6.45, 7) is 5.98. The number of amides is 2. The third kappa shape index (κ3) is 5.16. The highest BCUT2D eigenvalue weighted by atomic mass is 16.5. The van der Waals surface area contributed by atoms with Gasteiger partial charge in [0, 0.05) is 32.7 Å². The second-order valence-electron chi connectivity index (χ2n) is 4.83. The van der Waals surface area contributed by atoms with Gasteiger partial charge in [0.1, 0.15) is 6.04 Å². The molecule has 6 heteroatoms. The average Bonchev–Trinajstić information content (AvgIpc) is 2.44. The first kappa shape index (κ1) is 15.9. The number of rotatable bonds is 7. The molecule has 1 N–H and O–H groups in total. The lowest BCUT2D eigenvalue weighted by atomic mass is 10.2. The molecule has 0 bridgehead atoms. The Hall–Kier alpha value is -1.14. The molecule has 1 aliphatic rings. The van der Waals surface area contributed by atoms with Crippen LogP contribution in [-0.4, -0.2) is 62.3 Å². The minimum atomic E-state index is -0.438. The van der Waals surface area contributed by atoms with Gasteiger partial charge >= 0.3 is 0 Å². The van der Waals surface area contributed by atoms with E-state index in [0.29, 0.717) is 32.8 Å². The van der Waals surface area contributed by atoms with Crippen molar-refractivity contribution in [2.75, 3.05) is 33.5 Å². The van der Waals surface area contributed by atoms with Gasteiger partial charge in [-0.25, -0.2) is 0 Å². The Balaban J connectivity index is 2.37. The molecule has 0 aromatic rings. The van der Waals surface area contributed by atoms with Gasteiger partial charge in [0.05, 0.1) is 13.2 Å². The van der Waals surface area contributed by atoms with E-state index in [9.17, 15) is 9.59 Å². The molecule has 0 saturated carbocycles. The Morgan fingerprint density at radius 2 is 2.00 bits per heavy atom. The summed E-state index contributed by atoms with van der Waals surface area (Å²) >= 11 is 0. The third-order valence-corrected chi connectivity index (χ3v) is 3.16. The van der Waals surface area contributed by atoms with Gasteiger partial charge < -0.3 is 19.7 Å². The highest BCUT2D eigenvalue weighted by molar-refractivity contribution is 5.90. The van der Waals surface area contributed by atoms with Crippen LogP contribution in [0.15, 0.2) is 0 Å². The molecule has 1 rings (SSSR count). The quantitative estimate of drug-likeness (QED) is 0.671. The van der Waals surface area contributed by atoms with Crippen molar-refractivity contribution in [1.29, 1.82) is 0 Å². The summed E-state index contributed by atoms with van der Waals surface area (Å²) in [6, 6.07) is -0.497. The zero-order valence-electron chi connectivity index (χ0n) is 12.0. The van der Waals surface area contributed by atoms with Crippen molar-refractivity contribution in [3.8, 4) is 0 Å². The first-order valence-electron chi connectivity index (χ1n) is 6.72. The third-order valence-electron chi connectivity index (χ3n) is 3.16. The van der Waals surface area contributed by atoms with E-state index < -0.39 is 6.04 Å². The topological polar surface area (TPSA) is 67.9 Å². The van der Waals surface area contributed by atoms with Crippen LogP contribution >= 0.6 is 0 Å². The molecule has 1 fully saturated rings. The fraction of sp³-hybridized carbons (Fsp3) is 0.846. The molecule has 2 amide bonds. The summed E-state index contributed by atoms with van der Waals surface area (Å²) in [6.07, 6.45) is 1.13. The lowest BCUT2D eigenvalue weighted by molar-refractivity contribution is -0.134. The SMILES string of the molecule is COCCOCCCN1C(=O)C(C)NC(=O)CC1C. The normalized spacial score (nSPS) is 24.3. The van der Waals surface area contributed by atoms with Crippen LogP contribution in [0.3, 0.4) is 0 Å². The van der Waals surface area contributed by atoms with Gasteiger partial charge in [-0.15, -0.1) is 0 Å². The molecule has 1 aliphatic heterocycles. The minimum absolute atomic E-state index is 0.0183. The van der Waals surface area contributed by atoms with Crippen LogP contribution in [0.4, 0.5) is 0 Å². The lowest BCUT2D eigenvalue weighted by Gasteiger charge is -2.27. The van der Waals surface area contributed by atoms with Gasteiger partial charge in [-0.3, -0.25) is 9.59 Å². The number of nitrogens with zero attached hydrogens (tertiary/aromatic N) is 1. The maximum absolute atomic E-state index is 12.1. The summed E-state index contributed by atoms with van der Waals surface area (Å²) in [4.78, 5) is 25.4. The van der Waals surface area contributed by atoms with Gasteiger partial charge in [-0.1, -0.05) is 0 Å². The number of carbonyl (C=O) groups is 2. The predicted octanol–water partition coefficient (Wildman–Crippen LogP) is 0.165. The number of hydrogen-bond donors (Lipinski definition) is 1. The molecule has 0 aliphatic carbocycles. The monoisotopic (exact) mass is 272 g/mol. The van der Waals surface area contributed by atoms with Crippen molar-refractivity contribution in [3.05, 3.63) is 0 Å². The van der Waals surface area contributed by atoms with Crippen molar-refractivity contribution in [1.82, 2.24) is 10.2 Å². The largest absolute Gasteiger partial charge is 0.382 e. The molecule has 1 saturated heterocycles. The van der Waals surface area contributed by atoms with Crippen LogP contribution in [0, 0.1) is 0 Å². The van der Waals surface area contributed by atoms with E-state index in [1.165, 1.54) is 0 Å². The first-order chi connectivity index (χ1) is 9.06. The van der Waals surface area contributed by atoms with E-state index in [1.54, 1.807) is 18.9 Å². The van der Waals surface area contributed by atoms with E-state index in [4.69, 9.17) is 9.47 Å². The molecule has 19 heavy (non-hydrogen) atoms. The first-order valence-corrected chi connectivity index (χ1v) is 6.72. The molecule has 110 valence electrons. The minimum Gasteiger partial charge on any atom is -0.382 e. The molecular formula is C13H24N2O4. The van der Waals surface area contributed by atoms with Crippen LogP contribution in [0.1, 0.15) is 26.7 Å². The smallest absolute Gasteiger partial charge is 0.245 e. The summed E-state index contributed by atoms with van der Waals surface area (Å²) < 4.78 is 10.2. The van der Waals surface area contributed by atoms with Gasteiger partial charge in [0.15, 0.2) is 0 Å².